The number of nitriles is 1. The molecule has 10 nitrogen and oxygen atoms in total. The largest absolute Gasteiger partial charge is 0.454 e. The number of ether oxygens (including phenoxy) is 2. The fourth-order valence-corrected chi connectivity index (χ4v) is 6.48. The first-order valence-electron chi connectivity index (χ1n) is 12.9. The van der Waals surface area contributed by atoms with Gasteiger partial charge in [-0.2, -0.15) is 27.8 Å². The monoisotopic (exact) mass is 609 g/mol. The zero-order chi connectivity index (χ0) is 30.5. The van der Waals surface area contributed by atoms with Crippen LogP contribution in [0.1, 0.15) is 32.9 Å². The molecule has 43 heavy (non-hydrogen) atoms. The molecule has 0 bridgehead atoms. The van der Waals surface area contributed by atoms with Gasteiger partial charge in [0.2, 0.25) is 16.8 Å². The first kappa shape index (κ1) is 28.3. The number of nitrogens with zero attached hydrogens (tertiary/aromatic N) is 5. The quantitative estimate of drug-likeness (QED) is 0.327. The molecule has 0 N–H and O–H groups in total. The van der Waals surface area contributed by atoms with Crippen LogP contribution in [0.5, 0.6) is 11.5 Å². The van der Waals surface area contributed by atoms with Crippen LogP contribution in [0, 0.1) is 11.3 Å². The normalized spacial score (nSPS) is 14.7. The van der Waals surface area contributed by atoms with Crippen molar-refractivity contribution in [1.29, 1.82) is 5.26 Å². The number of rotatable bonds is 5. The van der Waals surface area contributed by atoms with Crippen LogP contribution in [0.3, 0.4) is 0 Å². The predicted molar refractivity (Wildman–Crippen MR) is 146 cm³/mol. The third-order valence-electron chi connectivity index (χ3n) is 7.30. The van der Waals surface area contributed by atoms with E-state index in [4.69, 9.17) is 14.7 Å². The van der Waals surface area contributed by atoms with Crippen molar-refractivity contribution < 1.29 is 35.9 Å². The lowest BCUT2D eigenvalue weighted by Gasteiger charge is -2.27. The SMILES string of the molecule is CN(C(=O)c1cccc(-n2nc(C(F)(F)F)c3c2CCN(S(=O)(=O)c2ccc(C#N)cc2)C3)c1)c1ccc2c(c1)OCO2. The molecule has 0 atom stereocenters. The lowest BCUT2D eigenvalue weighted by atomic mass is 10.1. The van der Waals surface area contributed by atoms with Gasteiger partial charge >= 0.3 is 6.18 Å². The minimum absolute atomic E-state index is 0.0524. The Hall–Kier alpha value is -4.87. The molecular formula is C29H22F3N5O5S. The molecule has 0 fully saturated rings. The number of amides is 1. The molecule has 0 radical (unpaired) electrons. The number of benzene rings is 3. The second kappa shape index (κ2) is 10.4. The Morgan fingerprint density at radius 1 is 1.05 bits per heavy atom. The first-order chi connectivity index (χ1) is 20.5. The number of anilines is 1. The summed E-state index contributed by atoms with van der Waals surface area (Å²) in [4.78, 5) is 14.6. The average Bonchev–Trinajstić information content (AvgIpc) is 3.64. The third kappa shape index (κ3) is 5.06. The maximum atomic E-state index is 14.2. The second-order valence-electron chi connectivity index (χ2n) is 9.86. The number of hydrogen-bond donors (Lipinski definition) is 0. The number of sulfonamides is 1. The van der Waals surface area contributed by atoms with E-state index >= 15 is 0 Å². The minimum Gasteiger partial charge on any atom is -0.454 e. The number of alkyl halides is 3. The van der Waals surface area contributed by atoms with E-state index in [0.717, 1.165) is 8.99 Å². The molecule has 14 heteroatoms. The van der Waals surface area contributed by atoms with E-state index in [-0.39, 0.29) is 52.7 Å². The van der Waals surface area contributed by atoms with Gasteiger partial charge in [0.05, 0.1) is 27.9 Å². The van der Waals surface area contributed by atoms with Crippen molar-refractivity contribution in [2.75, 3.05) is 25.3 Å². The minimum atomic E-state index is -4.86. The van der Waals surface area contributed by atoms with Crippen LogP contribution >= 0.6 is 0 Å². The highest BCUT2D eigenvalue weighted by molar-refractivity contribution is 7.89. The number of halogens is 3. The summed E-state index contributed by atoms with van der Waals surface area (Å²) in [6, 6.07) is 18.1. The van der Waals surface area contributed by atoms with Gasteiger partial charge in [0.1, 0.15) is 0 Å². The molecule has 220 valence electrons. The molecule has 6 rings (SSSR count). The van der Waals surface area contributed by atoms with Crippen LogP contribution in [0.25, 0.3) is 5.69 Å². The van der Waals surface area contributed by atoms with Crippen LogP contribution in [-0.2, 0) is 29.2 Å². The van der Waals surface area contributed by atoms with Crippen molar-refractivity contribution in [3.8, 4) is 23.3 Å². The fourth-order valence-electron chi connectivity index (χ4n) is 5.07. The van der Waals surface area contributed by atoms with Gasteiger partial charge in [-0.25, -0.2) is 13.1 Å². The molecule has 1 aromatic heterocycles. The average molecular weight is 610 g/mol. The molecule has 0 unspecified atom stereocenters. The summed E-state index contributed by atoms with van der Waals surface area (Å²) in [7, 11) is -2.59. The van der Waals surface area contributed by atoms with E-state index < -0.39 is 34.3 Å². The van der Waals surface area contributed by atoms with E-state index in [0.29, 0.717) is 17.2 Å². The van der Waals surface area contributed by atoms with Gasteiger partial charge < -0.3 is 14.4 Å². The molecule has 2 aliphatic rings. The van der Waals surface area contributed by atoms with E-state index in [1.54, 1.807) is 37.4 Å². The Bertz CT molecular complexity index is 1900. The third-order valence-corrected chi connectivity index (χ3v) is 9.16. The molecule has 0 spiro atoms. The molecule has 0 aliphatic carbocycles. The predicted octanol–water partition coefficient (Wildman–Crippen LogP) is 4.52. The molecule has 2 aliphatic heterocycles. The highest BCUT2D eigenvalue weighted by Crippen LogP contribution is 2.38. The Labute approximate surface area is 244 Å². The van der Waals surface area contributed by atoms with Crippen LogP contribution in [0.15, 0.2) is 71.6 Å². The standard InChI is InChI=1S/C29H22F3N5O5S/c1-35(20-7-10-25-26(14-20)42-17-41-25)28(38)19-3-2-4-21(13-19)37-24-11-12-36(16-23(24)27(34-37)29(30,31)32)43(39,40)22-8-5-18(15-33)6-9-22/h2-10,13-14H,11-12,16-17H2,1H3. The molecule has 0 saturated heterocycles. The zero-order valence-corrected chi connectivity index (χ0v) is 23.3. The summed E-state index contributed by atoms with van der Waals surface area (Å²) in [6.45, 7) is -0.562. The van der Waals surface area contributed by atoms with Crippen molar-refractivity contribution in [2.24, 2.45) is 0 Å². The number of carbonyl (C=O) groups excluding carboxylic acids is 1. The van der Waals surface area contributed by atoms with Gasteiger partial charge in [-0.15, -0.1) is 0 Å². The number of aromatic nitrogens is 2. The molecule has 1 amide bonds. The van der Waals surface area contributed by atoms with Gasteiger partial charge in [-0.3, -0.25) is 4.79 Å². The van der Waals surface area contributed by atoms with E-state index in [9.17, 15) is 26.4 Å². The van der Waals surface area contributed by atoms with Crippen molar-refractivity contribution in [3.05, 3.63) is 94.8 Å². The Morgan fingerprint density at radius 2 is 1.79 bits per heavy atom. The summed E-state index contributed by atoms with van der Waals surface area (Å²) in [6.07, 6.45) is -4.91. The second-order valence-corrected chi connectivity index (χ2v) is 11.8. The Morgan fingerprint density at radius 3 is 2.51 bits per heavy atom. The van der Waals surface area contributed by atoms with Crippen LogP contribution < -0.4 is 14.4 Å². The summed E-state index contributed by atoms with van der Waals surface area (Å²) < 4.78 is 81.9. The number of carbonyl (C=O) groups is 1. The van der Waals surface area contributed by atoms with Crippen molar-refractivity contribution >= 4 is 21.6 Å². The lowest BCUT2D eigenvalue weighted by Crippen LogP contribution is -2.36. The van der Waals surface area contributed by atoms with Gasteiger partial charge in [0, 0.05) is 49.4 Å². The maximum absolute atomic E-state index is 14.2. The Kier molecular flexibility index (Phi) is 6.86. The van der Waals surface area contributed by atoms with Gasteiger partial charge in [-0.05, 0) is 54.6 Å². The highest BCUT2D eigenvalue weighted by atomic mass is 32.2. The Balaban J connectivity index is 1.33. The summed E-state index contributed by atoms with van der Waals surface area (Å²) in [5, 5.41) is 12.9. The van der Waals surface area contributed by atoms with Gasteiger partial charge in [0.25, 0.3) is 5.91 Å². The maximum Gasteiger partial charge on any atom is 0.435 e. The van der Waals surface area contributed by atoms with Crippen LogP contribution in [-0.4, -0.2) is 48.8 Å². The molecule has 3 heterocycles. The topological polar surface area (TPSA) is 118 Å². The van der Waals surface area contributed by atoms with Gasteiger partial charge in [-0.1, -0.05) is 6.07 Å². The van der Waals surface area contributed by atoms with E-state index in [2.05, 4.69) is 5.10 Å². The number of fused-ring (bicyclic) bond motifs is 2. The summed E-state index contributed by atoms with van der Waals surface area (Å²) in [5.74, 6) is 0.625. The molecule has 0 saturated carbocycles. The summed E-state index contributed by atoms with van der Waals surface area (Å²) in [5.41, 5.74) is -0.0484. The number of hydrogen-bond acceptors (Lipinski definition) is 7. The first-order valence-corrected chi connectivity index (χ1v) is 14.4. The van der Waals surface area contributed by atoms with Crippen molar-refractivity contribution in [1.82, 2.24) is 14.1 Å². The lowest BCUT2D eigenvalue weighted by molar-refractivity contribution is -0.142. The smallest absolute Gasteiger partial charge is 0.435 e. The van der Waals surface area contributed by atoms with Gasteiger partial charge in [0.15, 0.2) is 17.2 Å². The van der Waals surface area contributed by atoms with E-state index in [1.165, 1.54) is 41.3 Å². The van der Waals surface area contributed by atoms with Crippen LogP contribution in [0.2, 0.25) is 0 Å². The molecule has 4 aromatic rings. The van der Waals surface area contributed by atoms with E-state index in [1.807, 2.05) is 6.07 Å². The highest BCUT2D eigenvalue weighted by Gasteiger charge is 2.42. The fraction of sp³-hybridized carbons (Fsp3) is 0.207. The van der Waals surface area contributed by atoms with Crippen LogP contribution in [0.4, 0.5) is 18.9 Å². The van der Waals surface area contributed by atoms with Crippen molar-refractivity contribution in [2.45, 2.75) is 24.0 Å². The molecular weight excluding hydrogens is 587 g/mol. The van der Waals surface area contributed by atoms with Crippen molar-refractivity contribution in [3.63, 3.8) is 0 Å². The summed E-state index contributed by atoms with van der Waals surface area (Å²) >= 11 is 0. The zero-order valence-electron chi connectivity index (χ0n) is 22.5. The molecule has 3 aromatic carbocycles.